The number of anilines is 1. The van der Waals surface area contributed by atoms with Crippen molar-refractivity contribution in [2.45, 2.75) is 13.0 Å². The summed E-state index contributed by atoms with van der Waals surface area (Å²) in [4.78, 5) is 42.5. The summed E-state index contributed by atoms with van der Waals surface area (Å²) in [7, 11) is 0. The van der Waals surface area contributed by atoms with Gasteiger partial charge in [0, 0.05) is 35.4 Å². The zero-order valence-electron chi connectivity index (χ0n) is 16.2. The molecule has 0 unspecified atom stereocenters. The molecule has 154 valence electrons. The number of hydrogen-bond donors (Lipinski definition) is 2. The van der Waals surface area contributed by atoms with Gasteiger partial charge in [0.05, 0.1) is 23.0 Å². The van der Waals surface area contributed by atoms with Crippen LogP contribution in [-0.2, 0) is 11.3 Å². The Balaban J connectivity index is 1.26. The minimum atomic E-state index is -0.356. The summed E-state index contributed by atoms with van der Waals surface area (Å²) in [6.07, 6.45) is 3.97. The lowest BCUT2D eigenvalue weighted by molar-refractivity contribution is -0.116. The van der Waals surface area contributed by atoms with Gasteiger partial charge in [0.1, 0.15) is 0 Å². The van der Waals surface area contributed by atoms with Gasteiger partial charge in [0.2, 0.25) is 5.91 Å². The quantitative estimate of drug-likeness (QED) is 0.446. The molecule has 0 aliphatic heterocycles. The summed E-state index contributed by atoms with van der Waals surface area (Å²) in [6.45, 7) is 0.0776. The summed E-state index contributed by atoms with van der Waals surface area (Å²) in [5.41, 5.74) is 1.78. The normalized spacial score (nSPS) is 11.2. The third-order valence-corrected chi connectivity index (χ3v) is 5.77. The summed E-state index contributed by atoms with van der Waals surface area (Å²) >= 11 is 1.57. The summed E-state index contributed by atoms with van der Waals surface area (Å²) in [6, 6.07) is 14.0. The van der Waals surface area contributed by atoms with Crippen molar-refractivity contribution >= 4 is 38.7 Å². The number of fused-ring (bicyclic) bond motifs is 2. The number of benzene rings is 2. The van der Waals surface area contributed by atoms with Crippen molar-refractivity contribution in [3.8, 4) is 11.3 Å². The highest BCUT2D eigenvalue weighted by Gasteiger charge is 2.10. The Kier molecular flexibility index (Phi) is 4.72. The molecule has 9 heteroatoms. The molecule has 3 heterocycles. The Bertz CT molecular complexity index is 1500. The predicted octanol–water partition coefficient (Wildman–Crippen LogP) is 3.09. The topological polar surface area (TPSA) is 101 Å². The molecule has 0 spiro atoms. The van der Waals surface area contributed by atoms with Crippen LogP contribution in [0.15, 0.2) is 75.9 Å². The highest BCUT2D eigenvalue weighted by atomic mass is 32.1. The highest BCUT2D eigenvalue weighted by Crippen LogP contribution is 2.23. The van der Waals surface area contributed by atoms with Crippen molar-refractivity contribution in [1.29, 1.82) is 0 Å². The van der Waals surface area contributed by atoms with Gasteiger partial charge in [-0.15, -0.1) is 11.3 Å². The molecule has 31 heavy (non-hydrogen) atoms. The highest BCUT2D eigenvalue weighted by molar-refractivity contribution is 7.15. The van der Waals surface area contributed by atoms with Crippen LogP contribution >= 0.6 is 11.3 Å². The van der Waals surface area contributed by atoms with Crippen LogP contribution in [0.2, 0.25) is 0 Å². The Morgan fingerprint density at radius 1 is 1.06 bits per heavy atom. The molecule has 5 rings (SSSR count). The lowest BCUT2D eigenvalue weighted by Gasteiger charge is -2.08. The number of imidazole rings is 1. The van der Waals surface area contributed by atoms with Gasteiger partial charge in [0.25, 0.3) is 11.1 Å². The molecule has 0 bridgehead atoms. The molecule has 1 amide bonds. The largest absolute Gasteiger partial charge is 0.326 e. The van der Waals surface area contributed by atoms with E-state index in [4.69, 9.17) is 0 Å². The van der Waals surface area contributed by atoms with Crippen LogP contribution in [0.5, 0.6) is 0 Å². The summed E-state index contributed by atoms with van der Waals surface area (Å²) in [5.74, 6) is -0.254. The van der Waals surface area contributed by atoms with Crippen molar-refractivity contribution < 1.29 is 4.79 Å². The number of nitrogens with one attached hydrogen (secondary N) is 2. The van der Waals surface area contributed by atoms with Crippen LogP contribution in [0.25, 0.3) is 27.0 Å². The molecule has 8 nitrogen and oxygen atoms in total. The number of amides is 1. The van der Waals surface area contributed by atoms with E-state index in [1.807, 2.05) is 46.4 Å². The number of aromatic amines is 1. The maximum Gasteiger partial charge on any atom is 0.273 e. The Morgan fingerprint density at radius 3 is 2.61 bits per heavy atom. The Hall–Kier alpha value is -3.98. The van der Waals surface area contributed by atoms with Crippen molar-refractivity contribution in [3.05, 3.63) is 87.0 Å². The number of carbonyl (C=O) groups excluding carboxylic acids is 1. The monoisotopic (exact) mass is 431 g/mol. The number of thiazole rings is 1. The van der Waals surface area contributed by atoms with Crippen LogP contribution in [0, 0.1) is 0 Å². The lowest BCUT2D eigenvalue weighted by atomic mass is 10.1. The first kappa shape index (κ1) is 19.0. The van der Waals surface area contributed by atoms with Gasteiger partial charge >= 0.3 is 0 Å². The molecule has 3 aromatic heterocycles. The number of carbonyl (C=O) groups is 1. The van der Waals surface area contributed by atoms with Gasteiger partial charge in [-0.25, -0.2) is 9.67 Å². The molecule has 5 aromatic rings. The molecule has 0 atom stereocenters. The fourth-order valence-corrected chi connectivity index (χ4v) is 4.13. The van der Waals surface area contributed by atoms with Gasteiger partial charge in [-0.1, -0.05) is 24.3 Å². The smallest absolute Gasteiger partial charge is 0.273 e. The second kappa shape index (κ2) is 7.69. The minimum Gasteiger partial charge on any atom is -0.326 e. The van der Waals surface area contributed by atoms with Crippen molar-refractivity contribution in [3.63, 3.8) is 0 Å². The second-order valence-electron chi connectivity index (χ2n) is 7.04. The predicted molar refractivity (Wildman–Crippen MR) is 121 cm³/mol. The van der Waals surface area contributed by atoms with E-state index in [9.17, 15) is 14.4 Å². The number of nitrogens with zero attached hydrogens (tertiary/aromatic N) is 3. The molecule has 0 saturated heterocycles. The third kappa shape index (κ3) is 3.66. The fraction of sp³-hybridized carbons (Fsp3) is 0.0909. The van der Waals surface area contributed by atoms with Gasteiger partial charge in [-0.2, -0.15) is 0 Å². The molecule has 0 fully saturated rings. The molecular weight excluding hydrogens is 414 g/mol. The maximum absolute atomic E-state index is 12.5. The number of hydrogen-bond acceptors (Lipinski definition) is 5. The molecule has 0 aliphatic carbocycles. The van der Waals surface area contributed by atoms with Crippen LogP contribution < -0.4 is 16.4 Å². The van der Waals surface area contributed by atoms with Crippen molar-refractivity contribution in [2.24, 2.45) is 0 Å². The molecule has 2 aromatic carbocycles. The first-order chi connectivity index (χ1) is 15.1. The fourth-order valence-electron chi connectivity index (χ4n) is 3.43. The summed E-state index contributed by atoms with van der Waals surface area (Å²) in [5, 5.41) is 8.00. The standard InChI is InChI=1S/C22H17N5O3S/c28-19(9-10-27-21(30)17-4-2-1-3-16(17)20(29)25-27)23-15-7-5-14(6-8-15)18-13-26-11-12-31-22(26)24-18/h1-8,11-13H,9-10H2,(H,23,28)(H,25,29). The zero-order chi connectivity index (χ0) is 21.4. The Morgan fingerprint density at radius 2 is 1.84 bits per heavy atom. The van der Waals surface area contributed by atoms with E-state index in [0.29, 0.717) is 16.5 Å². The minimum absolute atomic E-state index is 0.0489. The molecule has 0 saturated carbocycles. The molecule has 0 radical (unpaired) electrons. The first-order valence-electron chi connectivity index (χ1n) is 9.63. The van der Waals surface area contributed by atoms with Gasteiger partial charge in [0.15, 0.2) is 4.96 Å². The molecule has 2 N–H and O–H groups in total. The SMILES string of the molecule is O=C(CCn1[nH]c(=O)c2ccccc2c1=O)Nc1ccc(-c2cn3ccsc3n2)cc1. The van der Waals surface area contributed by atoms with E-state index in [1.165, 1.54) is 4.68 Å². The van der Waals surface area contributed by atoms with E-state index in [1.54, 1.807) is 35.6 Å². The van der Waals surface area contributed by atoms with Gasteiger partial charge < -0.3 is 5.32 Å². The van der Waals surface area contributed by atoms with Crippen molar-refractivity contribution in [2.75, 3.05) is 5.32 Å². The number of rotatable bonds is 5. The maximum atomic E-state index is 12.5. The average molecular weight is 431 g/mol. The van der Waals surface area contributed by atoms with Gasteiger partial charge in [-0.3, -0.25) is 23.9 Å². The van der Waals surface area contributed by atoms with Crippen LogP contribution in [0.1, 0.15) is 6.42 Å². The van der Waals surface area contributed by atoms with Gasteiger partial charge in [-0.05, 0) is 24.3 Å². The van der Waals surface area contributed by atoms with E-state index < -0.39 is 0 Å². The molecular formula is C22H17N5O3S. The number of aromatic nitrogens is 4. The first-order valence-corrected chi connectivity index (χ1v) is 10.5. The van der Waals surface area contributed by atoms with E-state index in [2.05, 4.69) is 15.4 Å². The van der Waals surface area contributed by atoms with Crippen LogP contribution in [0.3, 0.4) is 0 Å². The second-order valence-corrected chi connectivity index (χ2v) is 7.91. The summed E-state index contributed by atoms with van der Waals surface area (Å²) < 4.78 is 3.15. The zero-order valence-corrected chi connectivity index (χ0v) is 17.1. The lowest BCUT2D eigenvalue weighted by Crippen LogP contribution is -2.31. The van der Waals surface area contributed by atoms with E-state index in [-0.39, 0.29) is 30.0 Å². The Labute approximate surface area is 179 Å². The number of H-pyrrole nitrogens is 1. The third-order valence-electron chi connectivity index (χ3n) is 5.00. The van der Waals surface area contributed by atoms with Crippen molar-refractivity contribution in [1.82, 2.24) is 19.2 Å². The van der Waals surface area contributed by atoms with Crippen LogP contribution in [0.4, 0.5) is 5.69 Å². The average Bonchev–Trinajstić information content (AvgIpc) is 3.38. The van der Waals surface area contributed by atoms with Crippen LogP contribution in [-0.4, -0.2) is 25.1 Å². The molecule has 0 aliphatic rings. The number of aryl methyl sites for hydroxylation is 1. The van der Waals surface area contributed by atoms with E-state index in [0.717, 1.165) is 16.2 Å². The van der Waals surface area contributed by atoms with E-state index >= 15 is 0 Å².